The van der Waals surface area contributed by atoms with E-state index in [1.54, 1.807) is 30.7 Å². The van der Waals surface area contributed by atoms with Crippen molar-refractivity contribution in [2.75, 3.05) is 12.5 Å². The quantitative estimate of drug-likeness (QED) is 0.669. The number of ether oxygens (including phenoxy) is 2. The van der Waals surface area contributed by atoms with Gasteiger partial charge < -0.3 is 14.0 Å². The predicted octanol–water partition coefficient (Wildman–Crippen LogP) is 2.50. The molecule has 4 rings (SSSR count). The van der Waals surface area contributed by atoms with Crippen LogP contribution in [0, 0.1) is 0 Å². The van der Waals surface area contributed by atoms with Crippen LogP contribution in [0.3, 0.4) is 0 Å². The predicted molar refractivity (Wildman–Crippen MR) is 101 cm³/mol. The lowest BCUT2D eigenvalue weighted by Gasteiger charge is -2.05. The summed E-state index contributed by atoms with van der Waals surface area (Å²) in [6.07, 6.45) is 0. The van der Waals surface area contributed by atoms with E-state index in [9.17, 15) is 13.2 Å². The molecule has 0 radical (unpaired) electrons. The molecule has 1 aliphatic rings. The van der Waals surface area contributed by atoms with Gasteiger partial charge in [-0.1, -0.05) is 30.4 Å². The molecule has 9 heteroatoms. The van der Waals surface area contributed by atoms with E-state index in [0.717, 1.165) is 10.2 Å². The van der Waals surface area contributed by atoms with E-state index in [4.69, 9.17) is 9.47 Å². The van der Waals surface area contributed by atoms with E-state index in [1.165, 1.54) is 23.5 Å². The maximum absolute atomic E-state index is 12.7. The minimum atomic E-state index is -3.53. The monoisotopic (exact) mass is 404 g/mol. The fraction of sp³-hybridized carbons (Fsp3) is 0.222. The average molecular weight is 404 g/mol. The fourth-order valence-corrected chi connectivity index (χ4v) is 4.96. The number of benzene rings is 2. The second kappa shape index (κ2) is 6.50. The highest BCUT2D eigenvalue weighted by atomic mass is 32.2. The van der Waals surface area contributed by atoms with Gasteiger partial charge in [0.05, 0.1) is 26.4 Å². The first-order chi connectivity index (χ1) is 12.9. The van der Waals surface area contributed by atoms with Gasteiger partial charge in [-0.15, -0.1) is 0 Å². The molecule has 1 amide bonds. The van der Waals surface area contributed by atoms with E-state index >= 15 is 0 Å². The Balaban J connectivity index is 1.84. The summed E-state index contributed by atoms with van der Waals surface area (Å²) in [7, 11) is -1.73. The van der Waals surface area contributed by atoms with Crippen molar-refractivity contribution in [3.05, 3.63) is 46.8 Å². The smallest absolute Gasteiger partial charge is 0.280 e. The van der Waals surface area contributed by atoms with Crippen molar-refractivity contribution in [1.82, 2.24) is 4.57 Å². The molecule has 0 fully saturated rings. The molecule has 1 aliphatic heterocycles. The standard InChI is InChI=1S/C18H16N2O5S2/c1-3-27(22,23)16-7-5-4-6-11(16)17(21)19-18-20(2)12-8-13-14(25-10-24-13)9-15(12)26-18/h4-9H,3,10H2,1-2H3. The molecule has 0 aliphatic carbocycles. The van der Waals surface area contributed by atoms with Crippen LogP contribution in [0.1, 0.15) is 17.3 Å². The Hall–Kier alpha value is -2.65. The number of aryl methyl sites for hydroxylation is 1. The van der Waals surface area contributed by atoms with Crippen molar-refractivity contribution in [3.63, 3.8) is 0 Å². The van der Waals surface area contributed by atoms with Crippen molar-refractivity contribution in [1.29, 1.82) is 0 Å². The van der Waals surface area contributed by atoms with Gasteiger partial charge in [-0.2, -0.15) is 4.99 Å². The van der Waals surface area contributed by atoms with Crippen LogP contribution in [0.2, 0.25) is 0 Å². The normalized spacial score (nSPS) is 14.1. The number of aromatic nitrogens is 1. The Morgan fingerprint density at radius 2 is 1.93 bits per heavy atom. The lowest BCUT2D eigenvalue weighted by Crippen LogP contribution is -2.15. The number of thiazole rings is 1. The second-order valence-electron chi connectivity index (χ2n) is 5.93. The van der Waals surface area contributed by atoms with Gasteiger partial charge in [0.25, 0.3) is 5.91 Å². The van der Waals surface area contributed by atoms with Gasteiger partial charge in [0.2, 0.25) is 6.79 Å². The van der Waals surface area contributed by atoms with E-state index in [2.05, 4.69) is 4.99 Å². The molecule has 7 nitrogen and oxygen atoms in total. The van der Waals surface area contributed by atoms with Gasteiger partial charge in [0.1, 0.15) is 0 Å². The first kappa shape index (κ1) is 17.7. The third-order valence-electron chi connectivity index (χ3n) is 4.33. The van der Waals surface area contributed by atoms with Gasteiger partial charge in [0.15, 0.2) is 26.1 Å². The van der Waals surface area contributed by atoms with Gasteiger partial charge in [-0.05, 0) is 12.1 Å². The molecular weight excluding hydrogens is 388 g/mol. The average Bonchev–Trinajstić information content (AvgIpc) is 3.24. The van der Waals surface area contributed by atoms with Gasteiger partial charge >= 0.3 is 0 Å². The first-order valence-corrected chi connectivity index (χ1v) is 10.7. The summed E-state index contributed by atoms with van der Waals surface area (Å²) >= 11 is 1.32. The zero-order chi connectivity index (χ0) is 19.2. The third kappa shape index (κ3) is 3.02. The molecule has 2 heterocycles. The Morgan fingerprint density at radius 1 is 1.22 bits per heavy atom. The molecule has 2 aromatic carbocycles. The van der Waals surface area contributed by atoms with E-state index < -0.39 is 15.7 Å². The number of fused-ring (bicyclic) bond motifs is 2. The van der Waals surface area contributed by atoms with Crippen LogP contribution in [0.25, 0.3) is 10.2 Å². The van der Waals surface area contributed by atoms with Crippen LogP contribution >= 0.6 is 11.3 Å². The van der Waals surface area contributed by atoms with Crippen molar-refractivity contribution in [2.45, 2.75) is 11.8 Å². The second-order valence-corrected chi connectivity index (χ2v) is 9.19. The number of sulfone groups is 1. The maximum Gasteiger partial charge on any atom is 0.280 e. The summed E-state index contributed by atoms with van der Waals surface area (Å²) in [6, 6.07) is 9.83. The van der Waals surface area contributed by atoms with Crippen LogP contribution < -0.4 is 14.3 Å². The van der Waals surface area contributed by atoms with Gasteiger partial charge in [0, 0.05) is 19.2 Å². The van der Waals surface area contributed by atoms with Crippen molar-refractivity contribution < 1.29 is 22.7 Å². The highest BCUT2D eigenvalue weighted by Gasteiger charge is 2.21. The molecule has 0 saturated heterocycles. The Kier molecular flexibility index (Phi) is 4.27. The van der Waals surface area contributed by atoms with Crippen LogP contribution in [0.15, 0.2) is 46.3 Å². The fourth-order valence-electron chi connectivity index (χ4n) is 2.84. The number of hydrogen-bond donors (Lipinski definition) is 0. The van der Waals surface area contributed by atoms with Crippen LogP contribution in [-0.2, 0) is 16.9 Å². The van der Waals surface area contributed by atoms with Crippen molar-refractivity contribution in [3.8, 4) is 11.5 Å². The Morgan fingerprint density at radius 3 is 2.67 bits per heavy atom. The molecular formula is C18H16N2O5S2. The molecule has 0 saturated carbocycles. The van der Waals surface area contributed by atoms with Crippen LogP contribution in [-0.4, -0.2) is 31.4 Å². The molecule has 140 valence electrons. The van der Waals surface area contributed by atoms with E-state index in [1.807, 2.05) is 12.1 Å². The number of carbonyl (C=O) groups is 1. The zero-order valence-corrected chi connectivity index (χ0v) is 16.3. The molecule has 0 N–H and O–H groups in total. The van der Waals surface area contributed by atoms with Gasteiger partial charge in [-0.3, -0.25) is 4.79 Å². The van der Waals surface area contributed by atoms with Crippen molar-refractivity contribution in [2.24, 2.45) is 12.0 Å². The minimum absolute atomic E-state index is 0.00536. The largest absolute Gasteiger partial charge is 0.454 e. The summed E-state index contributed by atoms with van der Waals surface area (Å²) in [6.45, 7) is 1.73. The lowest BCUT2D eigenvalue weighted by atomic mass is 10.2. The molecule has 0 spiro atoms. The topological polar surface area (TPSA) is 87.0 Å². The minimum Gasteiger partial charge on any atom is -0.454 e. The number of carbonyl (C=O) groups excluding carboxylic acids is 1. The Labute approximate surface area is 159 Å². The van der Waals surface area contributed by atoms with Crippen molar-refractivity contribution >= 4 is 37.3 Å². The summed E-state index contributed by atoms with van der Waals surface area (Å²) in [5.74, 6) is 0.624. The zero-order valence-electron chi connectivity index (χ0n) is 14.6. The molecule has 0 atom stereocenters. The summed E-state index contributed by atoms with van der Waals surface area (Å²) in [5, 5.41) is 0. The maximum atomic E-state index is 12.7. The summed E-state index contributed by atoms with van der Waals surface area (Å²) < 4.78 is 38.0. The van der Waals surface area contributed by atoms with E-state index in [-0.39, 0.29) is 23.0 Å². The number of rotatable bonds is 3. The summed E-state index contributed by atoms with van der Waals surface area (Å²) in [5.41, 5.74) is 0.927. The SMILES string of the molecule is CCS(=O)(=O)c1ccccc1C(=O)N=c1sc2cc3c(cc2n1C)OCO3. The highest BCUT2D eigenvalue weighted by molar-refractivity contribution is 7.91. The summed E-state index contributed by atoms with van der Waals surface area (Å²) in [4.78, 5) is 17.4. The first-order valence-electron chi connectivity index (χ1n) is 8.20. The number of hydrogen-bond acceptors (Lipinski definition) is 6. The van der Waals surface area contributed by atoms with Crippen LogP contribution in [0.5, 0.6) is 11.5 Å². The number of amides is 1. The molecule has 0 bridgehead atoms. The van der Waals surface area contributed by atoms with Gasteiger partial charge in [-0.25, -0.2) is 8.42 Å². The van der Waals surface area contributed by atoms with Crippen LogP contribution in [0.4, 0.5) is 0 Å². The molecule has 1 aromatic heterocycles. The number of nitrogens with zero attached hydrogens (tertiary/aromatic N) is 2. The molecule has 3 aromatic rings. The third-order valence-corrected chi connectivity index (χ3v) is 7.21. The molecule has 27 heavy (non-hydrogen) atoms. The lowest BCUT2D eigenvalue weighted by molar-refractivity contribution is 0.0995. The Bertz CT molecular complexity index is 1240. The molecule has 0 unspecified atom stereocenters. The highest BCUT2D eigenvalue weighted by Crippen LogP contribution is 2.36. The van der Waals surface area contributed by atoms with E-state index in [0.29, 0.717) is 16.3 Å².